The van der Waals surface area contributed by atoms with Gasteiger partial charge < -0.3 is 10.4 Å². The summed E-state index contributed by atoms with van der Waals surface area (Å²) in [5.41, 5.74) is 3.20. The smallest absolute Gasteiger partial charge is 0.311 e. The molecule has 0 heterocycles. The number of anilines is 1. The number of aromatic hydroxyl groups is 1. The average molecular weight is 316 g/mol. The van der Waals surface area contributed by atoms with Crippen molar-refractivity contribution < 1.29 is 10.0 Å². The highest BCUT2D eigenvalue weighted by molar-refractivity contribution is 7.80. The van der Waals surface area contributed by atoms with Crippen molar-refractivity contribution in [2.75, 3.05) is 5.32 Å². The van der Waals surface area contributed by atoms with Gasteiger partial charge in [-0.25, -0.2) is 0 Å². The topological polar surface area (TPSA) is 99.8 Å². The molecule has 112 valence electrons. The highest BCUT2D eigenvalue weighted by atomic mass is 32.1. The maximum absolute atomic E-state index is 10.7. The molecule has 0 saturated carbocycles. The van der Waals surface area contributed by atoms with Crippen molar-refractivity contribution in [1.29, 1.82) is 0 Å². The van der Waals surface area contributed by atoms with Crippen LogP contribution >= 0.6 is 12.2 Å². The zero-order chi connectivity index (χ0) is 15.9. The Kier molecular flexibility index (Phi) is 4.99. The molecule has 2 aromatic carbocycles. The molecule has 2 rings (SSSR count). The zero-order valence-corrected chi connectivity index (χ0v) is 12.1. The molecule has 0 atom stereocenters. The third kappa shape index (κ3) is 4.00. The number of phenols is 1. The second-order valence-corrected chi connectivity index (χ2v) is 4.57. The first-order valence-corrected chi connectivity index (χ1v) is 6.60. The number of hydrogen-bond donors (Lipinski definition) is 3. The Morgan fingerprint density at radius 2 is 1.95 bits per heavy atom. The molecular formula is C14H12N4O3S. The van der Waals surface area contributed by atoms with Crippen LogP contribution in [0.25, 0.3) is 0 Å². The van der Waals surface area contributed by atoms with Crippen molar-refractivity contribution in [2.45, 2.75) is 0 Å². The average Bonchev–Trinajstić information content (AvgIpc) is 2.49. The van der Waals surface area contributed by atoms with Crippen molar-refractivity contribution in [3.63, 3.8) is 0 Å². The highest BCUT2D eigenvalue weighted by Gasteiger charge is 2.14. The number of para-hydroxylation sites is 2. The van der Waals surface area contributed by atoms with Gasteiger partial charge in [0.25, 0.3) is 0 Å². The van der Waals surface area contributed by atoms with Crippen LogP contribution in [-0.4, -0.2) is 21.4 Å². The van der Waals surface area contributed by atoms with Gasteiger partial charge in [-0.3, -0.25) is 15.5 Å². The molecule has 0 radical (unpaired) electrons. The second-order valence-electron chi connectivity index (χ2n) is 4.16. The Bertz CT molecular complexity index is 719. The number of nitro benzene ring substituents is 1. The molecule has 8 heteroatoms. The van der Waals surface area contributed by atoms with Crippen LogP contribution in [0, 0.1) is 10.1 Å². The number of nitrogens with zero attached hydrogens (tertiary/aromatic N) is 2. The van der Waals surface area contributed by atoms with Crippen LogP contribution in [0.5, 0.6) is 5.75 Å². The van der Waals surface area contributed by atoms with E-state index in [9.17, 15) is 15.2 Å². The molecule has 0 saturated heterocycles. The summed E-state index contributed by atoms with van der Waals surface area (Å²) in [6.07, 6.45) is 1.25. The number of hydrazone groups is 1. The number of nitrogens with one attached hydrogen (secondary N) is 2. The lowest BCUT2D eigenvalue weighted by Crippen LogP contribution is -2.23. The van der Waals surface area contributed by atoms with Gasteiger partial charge in [0, 0.05) is 17.3 Å². The Balaban J connectivity index is 1.99. The molecule has 0 bridgehead atoms. The number of hydrogen-bond acceptors (Lipinski definition) is 5. The lowest BCUT2D eigenvalue weighted by Gasteiger charge is -2.06. The fraction of sp³-hybridized carbons (Fsp3) is 0. The van der Waals surface area contributed by atoms with Gasteiger partial charge in [0.2, 0.25) is 5.75 Å². The molecular weight excluding hydrogens is 304 g/mol. The Hall–Kier alpha value is -3.00. The molecule has 0 fully saturated rings. The monoisotopic (exact) mass is 316 g/mol. The van der Waals surface area contributed by atoms with Crippen molar-refractivity contribution in [2.24, 2.45) is 5.10 Å². The van der Waals surface area contributed by atoms with Crippen LogP contribution in [0.3, 0.4) is 0 Å². The maximum Gasteiger partial charge on any atom is 0.311 e. The second kappa shape index (κ2) is 7.14. The molecule has 0 aliphatic heterocycles. The number of phenolic OH excluding ortho intramolecular Hbond substituents is 1. The summed E-state index contributed by atoms with van der Waals surface area (Å²) in [6.45, 7) is 0. The largest absolute Gasteiger partial charge is 0.502 e. The van der Waals surface area contributed by atoms with Crippen molar-refractivity contribution in [3.05, 3.63) is 64.2 Å². The highest BCUT2D eigenvalue weighted by Crippen LogP contribution is 2.27. The van der Waals surface area contributed by atoms with Gasteiger partial charge in [-0.2, -0.15) is 5.10 Å². The predicted molar refractivity (Wildman–Crippen MR) is 88.2 cm³/mol. The fourth-order valence-corrected chi connectivity index (χ4v) is 1.81. The first-order chi connectivity index (χ1) is 10.6. The number of nitro groups is 1. The summed E-state index contributed by atoms with van der Waals surface area (Å²) in [6, 6.07) is 13.4. The van der Waals surface area contributed by atoms with E-state index in [2.05, 4.69) is 15.8 Å². The number of thiocarbonyl (C=S) groups is 1. The van der Waals surface area contributed by atoms with Gasteiger partial charge in [0.1, 0.15) is 0 Å². The van der Waals surface area contributed by atoms with Crippen molar-refractivity contribution >= 4 is 34.9 Å². The molecule has 0 amide bonds. The van der Waals surface area contributed by atoms with E-state index >= 15 is 0 Å². The Morgan fingerprint density at radius 3 is 2.64 bits per heavy atom. The minimum absolute atomic E-state index is 0.212. The minimum atomic E-state index is -0.665. The van der Waals surface area contributed by atoms with Crippen LogP contribution in [-0.2, 0) is 0 Å². The Morgan fingerprint density at radius 1 is 1.23 bits per heavy atom. The molecule has 0 aliphatic carbocycles. The third-order valence-electron chi connectivity index (χ3n) is 2.64. The summed E-state index contributed by atoms with van der Waals surface area (Å²) in [4.78, 5) is 10.0. The van der Waals surface area contributed by atoms with Crippen LogP contribution < -0.4 is 10.7 Å². The number of rotatable bonds is 4. The van der Waals surface area contributed by atoms with Crippen molar-refractivity contribution in [1.82, 2.24) is 5.43 Å². The Labute approximate surface area is 131 Å². The minimum Gasteiger partial charge on any atom is -0.502 e. The quantitative estimate of drug-likeness (QED) is 0.347. The van der Waals surface area contributed by atoms with Crippen LogP contribution in [0.2, 0.25) is 0 Å². The zero-order valence-electron chi connectivity index (χ0n) is 11.3. The van der Waals surface area contributed by atoms with E-state index < -0.39 is 10.7 Å². The van der Waals surface area contributed by atoms with E-state index in [4.69, 9.17) is 12.2 Å². The molecule has 0 unspecified atom stereocenters. The van der Waals surface area contributed by atoms with E-state index in [1.54, 1.807) is 0 Å². The summed E-state index contributed by atoms with van der Waals surface area (Å²) in [7, 11) is 0. The molecule has 3 N–H and O–H groups in total. The molecule has 0 spiro atoms. The summed E-state index contributed by atoms with van der Waals surface area (Å²) in [5, 5.41) is 27.5. The summed E-state index contributed by atoms with van der Waals surface area (Å²) >= 11 is 5.04. The molecule has 7 nitrogen and oxygen atoms in total. The summed E-state index contributed by atoms with van der Waals surface area (Å²) in [5.74, 6) is -0.444. The molecule has 0 aromatic heterocycles. The van der Waals surface area contributed by atoms with E-state index in [1.165, 1.54) is 24.4 Å². The normalized spacial score (nSPS) is 10.4. The van der Waals surface area contributed by atoms with Gasteiger partial charge >= 0.3 is 5.69 Å². The molecule has 2 aromatic rings. The maximum atomic E-state index is 10.7. The lowest BCUT2D eigenvalue weighted by atomic mass is 10.2. The van der Waals surface area contributed by atoms with E-state index in [0.29, 0.717) is 0 Å². The summed E-state index contributed by atoms with van der Waals surface area (Å²) < 4.78 is 0. The third-order valence-corrected chi connectivity index (χ3v) is 2.84. The van der Waals surface area contributed by atoms with Gasteiger partial charge in [-0.15, -0.1) is 0 Å². The van der Waals surface area contributed by atoms with E-state index in [0.717, 1.165) is 5.69 Å². The van der Waals surface area contributed by atoms with Crippen LogP contribution in [0.4, 0.5) is 11.4 Å². The first-order valence-electron chi connectivity index (χ1n) is 6.19. The number of benzene rings is 2. The van der Waals surface area contributed by atoms with Crippen LogP contribution in [0.15, 0.2) is 53.6 Å². The SMILES string of the molecule is O=[N+]([O-])c1cccc(/C=N/NC(=S)Nc2ccccc2)c1O. The molecule has 22 heavy (non-hydrogen) atoms. The predicted octanol–water partition coefficient (Wildman–Crippen LogP) is 2.62. The van der Waals surface area contributed by atoms with Gasteiger partial charge in [-0.05, 0) is 30.4 Å². The van der Waals surface area contributed by atoms with E-state index in [-0.39, 0.29) is 16.4 Å². The van der Waals surface area contributed by atoms with Gasteiger partial charge in [0.05, 0.1) is 11.1 Å². The van der Waals surface area contributed by atoms with Gasteiger partial charge in [0.15, 0.2) is 5.11 Å². The molecule has 0 aliphatic rings. The standard InChI is InChI=1S/C14H12N4O3S/c19-13-10(5-4-8-12(13)18(20)21)9-15-17-14(22)16-11-6-2-1-3-7-11/h1-9,19H,(H2,16,17,22)/b15-9+. The van der Waals surface area contributed by atoms with Gasteiger partial charge in [-0.1, -0.05) is 24.3 Å². The van der Waals surface area contributed by atoms with Crippen LogP contribution in [0.1, 0.15) is 5.56 Å². The lowest BCUT2D eigenvalue weighted by molar-refractivity contribution is -0.385. The fourth-order valence-electron chi connectivity index (χ4n) is 1.64. The first kappa shape index (κ1) is 15.4. The van der Waals surface area contributed by atoms with Crippen molar-refractivity contribution in [3.8, 4) is 5.75 Å². The van der Waals surface area contributed by atoms with E-state index in [1.807, 2.05) is 30.3 Å².